The van der Waals surface area contributed by atoms with E-state index in [2.05, 4.69) is 4.72 Å². The molecule has 1 aromatic carbocycles. The Labute approximate surface area is 110 Å². The number of benzene rings is 1. The molecule has 0 spiro atoms. The molecule has 2 aromatic rings. The molecule has 0 aliphatic rings. The van der Waals surface area contributed by atoms with Crippen molar-refractivity contribution in [1.29, 1.82) is 0 Å². The first-order chi connectivity index (χ1) is 8.51. The molecule has 4 nitrogen and oxygen atoms in total. The fourth-order valence-corrected chi connectivity index (χ4v) is 3.78. The Morgan fingerprint density at radius 1 is 1.17 bits per heavy atom. The summed E-state index contributed by atoms with van der Waals surface area (Å²) in [5, 5.41) is 9.13. The number of phenolic OH excluding ortho intramolecular Hbond substituents is 1. The SMILES string of the molecule is CCc1ccc(S(=O)(=O)Nc2ccc(O)cc2)s1. The van der Waals surface area contributed by atoms with Crippen molar-refractivity contribution in [3.8, 4) is 5.75 Å². The van der Waals surface area contributed by atoms with Crippen molar-refractivity contribution in [3.63, 3.8) is 0 Å². The first-order valence-electron chi connectivity index (χ1n) is 5.42. The van der Waals surface area contributed by atoms with Crippen LogP contribution in [0.3, 0.4) is 0 Å². The summed E-state index contributed by atoms with van der Waals surface area (Å²) in [5.74, 6) is 0.0994. The van der Waals surface area contributed by atoms with Gasteiger partial charge < -0.3 is 5.11 Å². The van der Waals surface area contributed by atoms with Crippen LogP contribution >= 0.6 is 11.3 Å². The van der Waals surface area contributed by atoms with Crippen LogP contribution in [0.25, 0.3) is 0 Å². The van der Waals surface area contributed by atoms with E-state index in [1.165, 1.54) is 35.6 Å². The number of aromatic hydroxyl groups is 1. The Morgan fingerprint density at radius 2 is 1.83 bits per heavy atom. The molecule has 1 aromatic heterocycles. The van der Waals surface area contributed by atoms with Gasteiger partial charge in [0.15, 0.2) is 0 Å². The summed E-state index contributed by atoms with van der Waals surface area (Å²) in [5.41, 5.74) is 0.430. The third-order valence-corrected chi connectivity index (χ3v) is 5.47. The highest BCUT2D eigenvalue weighted by Gasteiger charge is 2.16. The van der Waals surface area contributed by atoms with Gasteiger partial charge in [-0.2, -0.15) is 0 Å². The number of sulfonamides is 1. The molecule has 2 rings (SSSR count). The maximum Gasteiger partial charge on any atom is 0.271 e. The van der Waals surface area contributed by atoms with Gasteiger partial charge in [-0.3, -0.25) is 4.72 Å². The second kappa shape index (κ2) is 4.99. The first-order valence-corrected chi connectivity index (χ1v) is 7.72. The standard InChI is InChI=1S/C12H13NO3S2/c1-2-11-7-8-12(17-11)18(15,16)13-9-3-5-10(14)6-4-9/h3-8,13-14H,2H2,1H3. The molecule has 1 heterocycles. The van der Waals surface area contributed by atoms with Gasteiger partial charge in [-0.1, -0.05) is 6.92 Å². The zero-order valence-electron chi connectivity index (χ0n) is 9.75. The molecule has 0 bridgehead atoms. The molecule has 0 atom stereocenters. The van der Waals surface area contributed by atoms with Gasteiger partial charge in [0.2, 0.25) is 0 Å². The molecular formula is C12H13NO3S2. The minimum absolute atomic E-state index is 0.0994. The minimum atomic E-state index is -3.53. The average molecular weight is 283 g/mol. The molecule has 0 radical (unpaired) electrons. The van der Waals surface area contributed by atoms with Crippen molar-refractivity contribution < 1.29 is 13.5 Å². The molecule has 0 aliphatic heterocycles. The summed E-state index contributed by atoms with van der Waals surface area (Å²) in [4.78, 5) is 1.03. The number of phenols is 1. The van der Waals surface area contributed by atoms with Gasteiger partial charge in [0.25, 0.3) is 10.0 Å². The van der Waals surface area contributed by atoms with Gasteiger partial charge >= 0.3 is 0 Å². The van der Waals surface area contributed by atoms with E-state index < -0.39 is 10.0 Å². The fourth-order valence-electron chi connectivity index (χ4n) is 1.43. The molecule has 0 unspecified atom stereocenters. The van der Waals surface area contributed by atoms with E-state index in [-0.39, 0.29) is 5.75 Å². The normalized spacial score (nSPS) is 11.4. The molecule has 6 heteroatoms. The molecule has 0 amide bonds. The third kappa shape index (κ3) is 2.83. The summed E-state index contributed by atoms with van der Waals surface area (Å²) in [6.45, 7) is 1.98. The van der Waals surface area contributed by atoms with Crippen LogP contribution in [0.5, 0.6) is 5.75 Å². The van der Waals surface area contributed by atoms with Crippen LogP contribution in [0.4, 0.5) is 5.69 Å². The van der Waals surface area contributed by atoms with Crippen molar-refractivity contribution in [2.45, 2.75) is 17.6 Å². The fraction of sp³-hybridized carbons (Fsp3) is 0.167. The van der Waals surface area contributed by atoms with Crippen molar-refractivity contribution in [3.05, 3.63) is 41.3 Å². The number of thiophene rings is 1. The van der Waals surface area contributed by atoms with Crippen LogP contribution in [-0.2, 0) is 16.4 Å². The molecule has 0 saturated carbocycles. The van der Waals surface area contributed by atoms with Crippen LogP contribution in [0.1, 0.15) is 11.8 Å². The van der Waals surface area contributed by atoms with Crippen LogP contribution in [0.2, 0.25) is 0 Å². The maximum absolute atomic E-state index is 12.1. The summed E-state index contributed by atoms with van der Waals surface area (Å²) in [6.07, 6.45) is 0.819. The lowest BCUT2D eigenvalue weighted by molar-refractivity contribution is 0.475. The summed E-state index contributed by atoms with van der Waals surface area (Å²) in [7, 11) is -3.53. The highest BCUT2D eigenvalue weighted by atomic mass is 32.2. The molecule has 0 aliphatic carbocycles. The zero-order chi connectivity index (χ0) is 13.2. The van der Waals surface area contributed by atoms with E-state index in [0.717, 1.165) is 11.3 Å². The lowest BCUT2D eigenvalue weighted by Gasteiger charge is -2.05. The summed E-state index contributed by atoms with van der Waals surface area (Å²) in [6, 6.07) is 9.32. The molecule has 0 fully saturated rings. The van der Waals surface area contributed by atoms with E-state index in [9.17, 15) is 8.42 Å². The Kier molecular flexibility index (Phi) is 3.58. The van der Waals surface area contributed by atoms with E-state index >= 15 is 0 Å². The Balaban J connectivity index is 2.24. The molecular weight excluding hydrogens is 270 g/mol. The smallest absolute Gasteiger partial charge is 0.271 e. The number of aryl methyl sites for hydroxylation is 1. The zero-order valence-corrected chi connectivity index (χ0v) is 11.4. The molecule has 18 heavy (non-hydrogen) atoms. The quantitative estimate of drug-likeness (QED) is 0.848. The van der Waals surface area contributed by atoms with Crippen LogP contribution in [0.15, 0.2) is 40.6 Å². The van der Waals surface area contributed by atoms with E-state index in [0.29, 0.717) is 9.90 Å². The van der Waals surface area contributed by atoms with E-state index in [1.807, 2.05) is 13.0 Å². The lowest BCUT2D eigenvalue weighted by Crippen LogP contribution is -2.11. The highest BCUT2D eigenvalue weighted by molar-refractivity contribution is 7.94. The minimum Gasteiger partial charge on any atom is -0.508 e. The molecule has 0 saturated heterocycles. The van der Waals surface area contributed by atoms with Gasteiger partial charge in [0, 0.05) is 10.6 Å². The van der Waals surface area contributed by atoms with E-state index in [4.69, 9.17) is 5.11 Å². The average Bonchev–Trinajstić information content (AvgIpc) is 2.81. The third-order valence-electron chi connectivity index (χ3n) is 2.37. The largest absolute Gasteiger partial charge is 0.508 e. The molecule has 2 N–H and O–H groups in total. The number of anilines is 1. The Hall–Kier alpha value is -1.53. The van der Waals surface area contributed by atoms with Gasteiger partial charge in [-0.15, -0.1) is 11.3 Å². The summed E-state index contributed by atoms with van der Waals surface area (Å²) < 4.78 is 26.9. The van der Waals surface area contributed by atoms with Crippen molar-refractivity contribution in [2.75, 3.05) is 4.72 Å². The monoisotopic (exact) mass is 283 g/mol. The van der Waals surface area contributed by atoms with E-state index in [1.54, 1.807) is 6.07 Å². The van der Waals surface area contributed by atoms with Crippen LogP contribution < -0.4 is 4.72 Å². The van der Waals surface area contributed by atoms with Crippen LogP contribution in [-0.4, -0.2) is 13.5 Å². The Morgan fingerprint density at radius 3 is 2.39 bits per heavy atom. The maximum atomic E-state index is 12.1. The second-order valence-corrected chi connectivity index (χ2v) is 6.80. The number of rotatable bonds is 4. The van der Waals surface area contributed by atoms with Gasteiger partial charge in [-0.05, 0) is 42.8 Å². The van der Waals surface area contributed by atoms with Crippen molar-refractivity contribution >= 4 is 27.0 Å². The highest BCUT2D eigenvalue weighted by Crippen LogP contribution is 2.24. The predicted molar refractivity (Wildman–Crippen MR) is 72.6 cm³/mol. The van der Waals surface area contributed by atoms with Gasteiger partial charge in [-0.25, -0.2) is 8.42 Å². The second-order valence-electron chi connectivity index (χ2n) is 3.73. The van der Waals surface area contributed by atoms with Crippen molar-refractivity contribution in [2.24, 2.45) is 0 Å². The lowest BCUT2D eigenvalue weighted by atomic mass is 10.3. The predicted octanol–water partition coefficient (Wildman–Crippen LogP) is 2.82. The van der Waals surface area contributed by atoms with Crippen molar-refractivity contribution in [1.82, 2.24) is 0 Å². The van der Waals surface area contributed by atoms with Crippen LogP contribution in [0, 0.1) is 0 Å². The number of hydrogen-bond donors (Lipinski definition) is 2. The first kappa shape index (κ1) is 12.9. The topological polar surface area (TPSA) is 66.4 Å². The Bertz CT molecular complexity index is 630. The molecule has 96 valence electrons. The number of nitrogens with one attached hydrogen (secondary N) is 1. The van der Waals surface area contributed by atoms with Gasteiger partial charge in [0.1, 0.15) is 9.96 Å². The summed E-state index contributed by atoms with van der Waals surface area (Å²) >= 11 is 1.26. The van der Waals surface area contributed by atoms with Gasteiger partial charge in [0.05, 0.1) is 0 Å². The number of hydrogen-bond acceptors (Lipinski definition) is 4.